The van der Waals surface area contributed by atoms with Crippen molar-refractivity contribution in [1.82, 2.24) is 14.5 Å². The number of nitrogens with one attached hydrogen (secondary N) is 1. The van der Waals surface area contributed by atoms with E-state index >= 15 is 0 Å². The fourth-order valence-electron chi connectivity index (χ4n) is 3.58. The topological polar surface area (TPSA) is 98.1 Å². The van der Waals surface area contributed by atoms with Gasteiger partial charge in [-0.1, -0.05) is 48.9 Å². The first-order valence-corrected chi connectivity index (χ1v) is 12.4. The van der Waals surface area contributed by atoms with Gasteiger partial charge >= 0.3 is 0 Å². The third-order valence-corrected chi connectivity index (χ3v) is 6.95. The van der Waals surface area contributed by atoms with E-state index in [0.717, 1.165) is 11.1 Å². The fourth-order valence-corrected chi connectivity index (χ4v) is 4.80. The zero-order valence-electron chi connectivity index (χ0n) is 19.3. The van der Waals surface area contributed by atoms with E-state index in [0.29, 0.717) is 29.8 Å². The molecule has 0 saturated carbocycles. The molecule has 0 saturated heterocycles. The van der Waals surface area contributed by atoms with E-state index in [9.17, 15) is 18.0 Å². The Morgan fingerprint density at radius 3 is 2.18 bits per heavy atom. The fraction of sp³-hybridized carbons (Fsp3) is 0.320. The molecule has 8 heteroatoms. The van der Waals surface area contributed by atoms with E-state index in [1.165, 1.54) is 16.8 Å². The van der Waals surface area contributed by atoms with Gasteiger partial charge in [-0.3, -0.25) is 9.59 Å². The standard InChI is InChI=1S/C25H29N3O4S/c1-5-24(29)21-11-8-20(9-12-21)10-15-23(25(30)28-19(4)16-18(3)26-28)27-33(31,32)22-13-6-17(2)7-14-22/h6-9,11-14,16,23,27H,5,10,15H2,1-4H3. The highest BCUT2D eigenvalue weighted by atomic mass is 32.2. The summed E-state index contributed by atoms with van der Waals surface area (Å²) in [6.45, 7) is 7.22. The molecular weight excluding hydrogens is 438 g/mol. The Labute approximate surface area is 194 Å². The summed E-state index contributed by atoms with van der Waals surface area (Å²) in [4.78, 5) is 25.2. The Hall–Kier alpha value is -3.10. The number of Topliss-reactive ketones (excluding diaryl/α,β-unsaturated/α-hetero) is 1. The number of sulfonamides is 1. The van der Waals surface area contributed by atoms with Crippen LogP contribution in [0.5, 0.6) is 0 Å². The number of aromatic nitrogens is 2. The molecule has 1 N–H and O–H groups in total. The van der Waals surface area contributed by atoms with Gasteiger partial charge < -0.3 is 0 Å². The minimum absolute atomic E-state index is 0.0602. The molecule has 1 aromatic heterocycles. The van der Waals surface area contributed by atoms with Crippen LogP contribution in [-0.4, -0.2) is 35.9 Å². The van der Waals surface area contributed by atoms with Crippen LogP contribution >= 0.6 is 0 Å². The summed E-state index contributed by atoms with van der Waals surface area (Å²) in [5.74, 6) is -0.376. The summed E-state index contributed by atoms with van der Waals surface area (Å²) < 4.78 is 29.9. The largest absolute Gasteiger partial charge is 0.294 e. The lowest BCUT2D eigenvalue weighted by Gasteiger charge is -2.18. The van der Waals surface area contributed by atoms with Gasteiger partial charge in [-0.2, -0.15) is 9.82 Å². The minimum Gasteiger partial charge on any atom is -0.294 e. The van der Waals surface area contributed by atoms with Crippen LogP contribution in [0, 0.1) is 20.8 Å². The summed E-state index contributed by atoms with van der Waals surface area (Å²) in [5.41, 5.74) is 3.80. The van der Waals surface area contributed by atoms with Crippen LogP contribution in [0.2, 0.25) is 0 Å². The molecule has 0 spiro atoms. The quantitative estimate of drug-likeness (QED) is 0.479. The molecule has 174 valence electrons. The molecule has 1 heterocycles. The molecule has 0 bridgehead atoms. The van der Waals surface area contributed by atoms with Crippen LogP contribution in [0.1, 0.15) is 57.4 Å². The summed E-state index contributed by atoms with van der Waals surface area (Å²) in [5, 5.41) is 4.24. The van der Waals surface area contributed by atoms with Gasteiger partial charge in [0.05, 0.1) is 10.6 Å². The van der Waals surface area contributed by atoms with Crippen molar-refractivity contribution in [2.45, 2.75) is 57.9 Å². The van der Waals surface area contributed by atoms with Crippen molar-refractivity contribution in [3.05, 3.63) is 82.7 Å². The number of aryl methyl sites for hydroxylation is 4. The number of carbonyl (C=O) groups excluding carboxylic acids is 2. The second-order valence-electron chi connectivity index (χ2n) is 8.18. The lowest BCUT2D eigenvalue weighted by atomic mass is 10.0. The van der Waals surface area contributed by atoms with Crippen molar-refractivity contribution < 1.29 is 18.0 Å². The van der Waals surface area contributed by atoms with Crippen LogP contribution in [-0.2, 0) is 16.4 Å². The van der Waals surface area contributed by atoms with Crippen molar-refractivity contribution in [1.29, 1.82) is 0 Å². The molecule has 0 radical (unpaired) electrons. The van der Waals surface area contributed by atoms with Gasteiger partial charge in [-0.05, 0) is 57.4 Å². The van der Waals surface area contributed by atoms with Crippen molar-refractivity contribution >= 4 is 21.7 Å². The maximum Gasteiger partial charge on any atom is 0.265 e. The number of hydrogen-bond donors (Lipinski definition) is 1. The van der Waals surface area contributed by atoms with Crippen molar-refractivity contribution in [3.8, 4) is 0 Å². The second kappa shape index (κ2) is 10.2. The van der Waals surface area contributed by atoms with Crippen molar-refractivity contribution in [2.24, 2.45) is 0 Å². The molecule has 33 heavy (non-hydrogen) atoms. The van der Waals surface area contributed by atoms with Gasteiger partial charge in [-0.15, -0.1) is 0 Å². The summed E-state index contributed by atoms with van der Waals surface area (Å²) >= 11 is 0. The monoisotopic (exact) mass is 467 g/mol. The average molecular weight is 468 g/mol. The molecular formula is C25H29N3O4S. The van der Waals surface area contributed by atoms with Crippen LogP contribution in [0.15, 0.2) is 59.5 Å². The molecule has 0 amide bonds. The molecule has 0 fully saturated rings. The molecule has 0 aliphatic rings. The predicted molar refractivity (Wildman–Crippen MR) is 127 cm³/mol. The van der Waals surface area contributed by atoms with E-state index in [4.69, 9.17) is 0 Å². The number of carbonyl (C=O) groups is 2. The van der Waals surface area contributed by atoms with Crippen molar-refractivity contribution in [3.63, 3.8) is 0 Å². The highest BCUT2D eigenvalue weighted by molar-refractivity contribution is 7.89. The zero-order valence-corrected chi connectivity index (χ0v) is 20.1. The van der Waals surface area contributed by atoms with Crippen LogP contribution in [0.3, 0.4) is 0 Å². The Morgan fingerprint density at radius 1 is 1.00 bits per heavy atom. The minimum atomic E-state index is -3.92. The smallest absolute Gasteiger partial charge is 0.265 e. The normalized spacial score (nSPS) is 12.5. The van der Waals surface area contributed by atoms with Crippen LogP contribution in [0.4, 0.5) is 0 Å². The van der Waals surface area contributed by atoms with E-state index in [1.54, 1.807) is 44.2 Å². The molecule has 2 aromatic carbocycles. The van der Waals surface area contributed by atoms with E-state index in [1.807, 2.05) is 26.0 Å². The van der Waals surface area contributed by atoms with E-state index in [2.05, 4.69) is 9.82 Å². The Kier molecular flexibility index (Phi) is 7.61. The maximum atomic E-state index is 13.3. The lowest BCUT2D eigenvalue weighted by molar-refractivity contribution is 0.0846. The molecule has 1 unspecified atom stereocenters. The highest BCUT2D eigenvalue weighted by Gasteiger charge is 2.28. The first kappa shape index (κ1) is 24.5. The first-order chi connectivity index (χ1) is 15.6. The van der Waals surface area contributed by atoms with Gasteiger partial charge in [0.1, 0.15) is 6.04 Å². The average Bonchev–Trinajstić information content (AvgIpc) is 3.14. The SMILES string of the molecule is CCC(=O)c1ccc(CCC(NS(=O)(=O)c2ccc(C)cc2)C(=O)n2nc(C)cc2C)cc1. The molecule has 3 rings (SSSR count). The number of rotatable bonds is 9. The Balaban J connectivity index is 1.85. The zero-order chi connectivity index (χ0) is 24.2. The molecule has 0 aliphatic carbocycles. The number of nitrogens with zero attached hydrogens (tertiary/aromatic N) is 2. The van der Waals surface area contributed by atoms with Gasteiger partial charge in [0.2, 0.25) is 10.0 Å². The number of ketones is 1. The van der Waals surface area contributed by atoms with E-state index < -0.39 is 22.0 Å². The lowest BCUT2D eigenvalue weighted by Crippen LogP contribution is -2.44. The predicted octanol–water partition coefficient (Wildman–Crippen LogP) is 4.02. The molecule has 7 nitrogen and oxygen atoms in total. The summed E-state index contributed by atoms with van der Waals surface area (Å²) in [6, 6.07) is 14.4. The maximum absolute atomic E-state index is 13.3. The van der Waals surface area contributed by atoms with Crippen LogP contribution in [0.25, 0.3) is 0 Å². The van der Waals surface area contributed by atoms with Gasteiger partial charge in [-0.25, -0.2) is 13.1 Å². The number of benzene rings is 2. The second-order valence-corrected chi connectivity index (χ2v) is 9.89. The first-order valence-electron chi connectivity index (χ1n) is 10.9. The third kappa shape index (κ3) is 6.03. The van der Waals surface area contributed by atoms with Crippen molar-refractivity contribution in [2.75, 3.05) is 0 Å². The highest BCUT2D eigenvalue weighted by Crippen LogP contribution is 2.16. The van der Waals surface area contributed by atoms with Gasteiger partial charge in [0.15, 0.2) is 5.78 Å². The Bertz CT molecular complexity index is 1240. The third-order valence-electron chi connectivity index (χ3n) is 5.46. The summed E-state index contributed by atoms with van der Waals surface area (Å²) in [7, 11) is -3.92. The molecule has 1 atom stereocenters. The van der Waals surface area contributed by atoms with Gasteiger partial charge in [0, 0.05) is 17.7 Å². The molecule has 0 aliphatic heterocycles. The molecule has 3 aromatic rings. The van der Waals surface area contributed by atoms with Gasteiger partial charge in [0.25, 0.3) is 5.91 Å². The summed E-state index contributed by atoms with van der Waals surface area (Å²) in [6.07, 6.45) is 1.12. The Morgan fingerprint density at radius 2 is 1.64 bits per heavy atom. The number of hydrogen-bond acceptors (Lipinski definition) is 5. The van der Waals surface area contributed by atoms with E-state index in [-0.39, 0.29) is 17.1 Å². The van der Waals surface area contributed by atoms with Crippen LogP contribution < -0.4 is 4.72 Å².